The van der Waals surface area contributed by atoms with E-state index < -0.39 is 5.97 Å². The number of piperidine rings is 1. The number of benzene rings is 1. The molecule has 1 fully saturated rings. The Kier molecular flexibility index (Phi) is 3.86. The van der Waals surface area contributed by atoms with Crippen molar-refractivity contribution in [3.8, 4) is 0 Å². The first-order valence-electron chi connectivity index (χ1n) is 5.67. The molecule has 0 radical (unpaired) electrons. The monoisotopic (exact) mass is 254 g/mol. The van der Waals surface area contributed by atoms with Crippen LogP contribution in [0.15, 0.2) is 18.2 Å². The van der Waals surface area contributed by atoms with E-state index in [2.05, 4.69) is 10.6 Å². The van der Waals surface area contributed by atoms with Gasteiger partial charge in [0.2, 0.25) is 0 Å². The molecule has 0 aromatic heterocycles. The van der Waals surface area contributed by atoms with Crippen LogP contribution in [0.2, 0.25) is 5.02 Å². The predicted molar refractivity (Wildman–Crippen MR) is 67.9 cm³/mol. The number of carboxylic acid groups (broad SMARTS) is 1. The van der Waals surface area contributed by atoms with Gasteiger partial charge in [0.25, 0.3) is 0 Å². The molecule has 0 aliphatic carbocycles. The summed E-state index contributed by atoms with van der Waals surface area (Å²) in [6, 6.07) is 5.24. The Balaban J connectivity index is 2.16. The quantitative estimate of drug-likeness (QED) is 0.774. The number of rotatable bonds is 3. The summed E-state index contributed by atoms with van der Waals surface area (Å²) >= 11 is 5.80. The highest BCUT2D eigenvalue weighted by Gasteiger charge is 2.16. The van der Waals surface area contributed by atoms with Crippen LogP contribution in [0.5, 0.6) is 0 Å². The third-order valence-electron chi connectivity index (χ3n) is 2.91. The second-order valence-electron chi connectivity index (χ2n) is 4.16. The molecule has 1 aromatic rings. The molecular formula is C12H15ClN2O2. The SMILES string of the molecule is O=C(O)c1cc(Cl)ccc1NC1CCNCC1. The fourth-order valence-corrected chi connectivity index (χ4v) is 2.18. The molecule has 0 amide bonds. The summed E-state index contributed by atoms with van der Waals surface area (Å²) in [5.41, 5.74) is 0.879. The molecule has 1 aromatic carbocycles. The Morgan fingerprint density at radius 3 is 2.76 bits per heavy atom. The lowest BCUT2D eigenvalue weighted by Crippen LogP contribution is -2.35. The van der Waals surface area contributed by atoms with Crippen LogP contribution in [-0.4, -0.2) is 30.2 Å². The minimum atomic E-state index is -0.955. The predicted octanol–water partition coefficient (Wildman–Crippen LogP) is 2.20. The maximum Gasteiger partial charge on any atom is 0.337 e. The number of carbonyl (C=O) groups is 1. The van der Waals surface area contributed by atoms with Crippen molar-refractivity contribution in [1.29, 1.82) is 0 Å². The van der Waals surface area contributed by atoms with E-state index in [0.29, 0.717) is 16.8 Å². The van der Waals surface area contributed by atoms with Crippen LogP contribution in [0.25, 0.3) is 0 Å². The van der Waals surface area contributed by atoms with Crippen molar-refractivity contribution < 1.29 is 9.90 Å². The summed E-state index contributed by atoms with van der Waals surface area (Å²) in [5, 5.41) is 16.1. The minimum absolute atomic E-state index is 0.232. The zero-order valence-electron chi connectivity index (χ0n) is 9.37. The van der Waals surface area contributed by atoms with Gasteiger partial charge in [0, 0.05) is 16.8 Å². The van der Waals surface area contributed by atoms with Crippen molar-refractivity contribution >= 4 is 23.3 Å². The second-order valence-corrected chi connectivity index (χ2v) is 4.60. The van der Waals surface area contributed by atoms with Gasteiger partial charge in [-0.25, -0.2) is 4.79 Å². The summed E-state index contributed by atoms with van der Waals surface area (Å²) in [5.74, 6) is -0.955. The Morgan fingerprint density at radius 2 is 2.12 bits per heavy atom. The van der Waals surface area contributed by atoms with Crippen LogP contribution in [0.3, 0.4) is 0 Å². The first-order valence-corrected chi connectivity index (χ1v) is 6.04. The van der Waals surface area contributed by atoms with E-state index in [9.17, 15) is 4.79 Å². The molecule has 0 bridgehead atoms. The van der Waals surface area contributed by atoms with Crippen LogP contribution < -0.4 is 10.6 Å². The minimum Gasteiger partial charge on any atom is -0.478 e. The Hall–Kier alpha value is -1.26. The van der Waals surface area contributed by atoms with Crippen LogP contribution >= 0.6 is 11.6 Å². The molecule has 2 rings (SSSR count). The van der Waals surface area contributed by atoms with Crippen LogP contribution in [0.4, 0.5) is 5.69 Å². The molecule has 1 aliphatic heterocycles. The molecule has 1 heterocycles. The standard InChI is InChI=1S/C12H15ClN2O2/c13-8-1-2-11(10(7-8)12(16)17)15-9-3-5-14-6-4-9/h1-2,7,9,14-15H,3-6H2,(H,16,17). The van der Waals surface area contributed by atoms with E-state index in [0.717, 1.165) is 25.9 Å². The molecule has 0 spiro atoms. The van der Waals surface area contributed by atoms with E-state index in [4.69, 9.17) is 16.7 Å². The lowest BCUT2D eigenvalue weighted by Gasteiger charge is -2.25. The molecule has 1 aliphatic rings. The van der Waals surface area contributed by atoms with E-state index in [1.165, 1.54) is 6.07 Å². The van der Waals surface area contributed by atoms with Crippen molar-refractivity contribution in [2.75, 3.05) is 18.4 Å². The van der Waals surface area contributed by atoms with E-state index >= 15 is 0 Å². The first kappa shape index (κ1) is 12.2. The number of aromatic carboxylic acids is 1. The fraction of sp³-hybridized carbons (Fsp3) is 0.417. The van der Waals surface area contributed by atoms with Crippen LogP contribution in [0.1, 0.15) is 23.2 Å². The smallest absolute Gasteiger partial charge is 0.337 e. The van der Waals surface area contributed by atoms with Crippen LogP contribution in [0, 0.1) is 0 Å². The van der Waals surface area contributed by atoms with Gasteiger partial charge in [-0.05, 0) is 44.1 Å². The number of hydrogen-bond donors (Lipinski definition) is 3. The third kappa shape index (κ3) is 3.11. The van der Waals surface area contributed by atoms with Crippen molar-refractivity contribution in [3.63, 3.8) is 0 Å². The maximum atomic E-state index is 11.1. The Labute approximate surface area is 105 Å². The number of carboxylic acids is 1. The van der Waals surface area contributed by atoms with Crippen molar-refractivity contribution in [2.45, 2.75) is 18.9 Å². The second kappa shape index (κ2) is 5.38. The van der Waals surface area contributed by atoms with Gasteiger partial charge in [-0.1, -0.05) is 11.6 Å². The zero-order valence-corrected chi connectivity index (χ0v) is 10.1. The normalized spacial score (nSPS) is 16.8. The summed E-state index contributed by atoms with van der Waals surface area (Å²) < 4.78 is 0. The number of nitrogens with one attached hydrogen (secondary N) is 2. The largest absolute Gasteiger partial charge is 0.478 e. The average molecular weight is 255 g/mol. The number of anilines is 1. The van der Waals surface area contributed by atoms with Gasteiger partial charge in [-0.15, -0.1) is 0 Å². The molecule has 17 heavy (non-hydrogen) atoms. The fourth-order valence-electron chi connectivity index (χ4n) is 2.01. The van der Waals surface area contributed by atoms with Gasteiger partial charge in [0.05, 0.1) is 5.56 Å². The lowest BCUT2D eigenvalue weighted by molar-refractivity contribution is 0.0698. The topological polar surface area (TPSA) is 61.4 Å². The van der Waals surface area contributed by atoms with Gasteiger partial charge in [-0.3, -0.25) is 0 Å². The summed E-state index contributed by atoms with van der Waals surface area (Å²) in [4.78, 5) is 11.1. The average Bonchev–Trinajstić information content (AvgIpc) is 2.32. The Morgan fingerprint density at radius 1 is 1.41 bits per heavy atom. The number of hydrogen-bond acceptors (Lipinski definition) is 3. The van der Waals surface area contributed by atoms with Gasteiger partial charge in [-0.2, -0.15) is 0 Å². The maximum absolute atomic E-state index is 11.1. The van der Waals surface area contributed by atoms with Gasteiger partial charge in [0.1, 0.15) is 0 Å². The highest BCUT2D eigenvalue weighted by molar-refractivity contribution is 6.31. The van der Waals surface area contributed by atoms with E-state index in [1.807, 2.05) is 0 Å². The van der Waals surface area contributed by atoms with Crippen molar-refractivity contribution in [3.05, 3.63) is 28.8 Å². The summed E-state index contributed by atoms with van der Waals surface area (Å²) in [7, 11) is 0. The Bertz CT molecular complexity index is 417. The van der Waals surface area contributed by atoms with Crippen LogP contribution in [-0.2, 0) is 0 Å². The molecule has 0 atom stereocenters. The lowest BCUT2D eigenvalue weighted by atomic mass is 10.1. The molecule has 1 saturated heterocycles. The van der Waals surface area contributed by atoms with Gasteiger partial charge in [0.15, 0.2) is 0 Å². The van der Waals surface area contributed by atoms with Crippen molar-refractivity contribution in [2.24, 2.45) is 0 Å². The third-order valence-corrected chi connectivity index (χ3v) is 3.15. The summed E-state index contributed by atoms with van der Waals surface area (Å²) in [6.45, 7) is 1.93. The molecule has 0 unspecified atom stereocenters. The molecule has 3 N–H and O–H groups in total. The van der Waals surface area contributed by atoms with Gasteiger partial charge >= 0.3 is 5.97 Å². The van der Waals surface area contributed by atoms with E-state index in [-0.39, 0.29) is 5.56 Å². The molecular weight excluding hydrogens is 240 g/mol. The number of halogens is 1. The van der Waals surface area contributed by atoms with Crippen molar-refractivity contribution in [1.82, 2.24) is 5.32 Å². The molecule has 4 nitrogen and oxygen atoms in total. The highest BCUT2D eigenvalue weighted by Crippen LogP contribution is 2.22. The highest BCUT2D eigenvalue weighted by atomic mass is 35.5. The molecule has 92 valence electrons. The summed E-state index contributed by atoms with van der Waals surface area (Å²) in [6.07, 6.45) is 2.00. The molecule has 5 heteroatoms. The molecule has 0 saturated carbocycles. The van der Waals surface area contributed by atoms with Gasteiger partial charge < -0.3 is 15.7 Å². The van der Waals surface area contributed by atoms with E-state index in [1.54, 1.807) is 12.1 Å². The first-order chi connectivity index (χ1) is 8.16. The zero-order chi connectivity index (χ0) is 12.3.